The van der Waals surface area contributed by atoms with Crippen LogP contribution in [0.15, 0.2) is 11.7 Å². The number of carbonyl (C=O) groups is 1. The first-order valence-electron chi connectivity index (χ1n) is 6.46. The number of rotatable bonds is 5. The van der Waals surface area contributed by atoms with Crippen LogP contribution in [-0.4, -0.2) is 29.0 Å². The molecule has 0 unspecified atom stereocenters. The van der Waals surface area contributed by atoms with E-state index >= 15 is 0 Å². The molecule has 0 bridgehead atoms. The Hall–Kier alpha value is -1.69. The zero-order chi connectivity index (χ0) is 13.2. The quantitative estimate of drug-likeness (QED) is 0.819. The summed E-state index contributed by atoms with van der Waals surface area (Å²) < 4.78 is 1.08. The van der Waals surface area contributed by atoms with Crippen molar-refractivity contribution in [2.75, 3.05) is 18.4 Å². The van der Waals surface area contributed by atoms with Gasteiger partial charge in [0.1, 0.15) is 12.1 Å². The van der Waals surface area contributed by atoms with Gasteiger partial charge in [-0.25, -0.2) is 9.97 Å². The summed E-state index contributed by atoms with van der Waals surface area (Å²) in [4.78, 5) is 20.0. The van der Waals surface area contributed by atoms with Gasteiger partial charge in [0.2, 0.25) is 5.91 Å². The monoisotopic (exact) mass is 276 g/mol. The van der Waals surface area contributed by atoms with Crippen molar-refractivity contribution >= 4 is 33.3 Å². The van der Waals surface area contributed by atoms with Gasteiger partial charge in [0.15, 0.2) is 0 Å². The van der Waals surface area contributed by atoms with E-state index in [4.69, 9.17) is 0 Å². The molecule has 5 nitrogen and oxygen atoms in total. The Morgan fingerprint density at radius 1 is 1.42 bits per heavy atom. The molecule has 2 aromatic rings. The first kappa shape index (κ1) is 12.3. The van der Waals surface area contributed by atoms with Crippen LogP contribution in [0.1, 0.15) is 18.4 Å². The van der Waals surface area contributed by atoms with Crippen molar-refractivity contribution in [3.63, 3.8) is 0 Å². The molecule has 1 amide bonds. The summed E-state index contributed by atoms with van der Waals surface area (Å²) in [7, 11) is 0. The summed E-state index contributed by atoms with van der Waals surface area (Å²) in [6.45, 7) is 3.36. The fourth-order valence-corrected chi connectivity index (χ4v) is 2.92. The molecule has 1 aliphatic rings. The van der Waals surface area contributed by atoms with E-state index in [0.717, 1.165) is 28.9 Å². The van der Waals surface area contributed by atoms with E-state index in [0.29, 0.717) is 13.1 Å². The van der Waals surface area contributed by atoms with Crippen LogP contribution in [0.25, 0.3) is 10.2 Å². The summed E-state index contributed by atoms with van der Waals surface area (Å²) in [6, 6.07) is 0. The zero-order valence-corrected chi connectivity index (χ0v) is 11.6. The van der Waals surface area contributed by atoms with E-state index in [1.807, 2.05) is 6.92 Å². The third-order valence-electron chi connectivity index (χ3n) is 3.20. The number of amides is 1. The summed E-state index contributed by atoms with van der Waals surface area (Å²) in [6.07, 6.45) is 3.66. The van der Waals surface area contributed by atoms with Crippen molar-refractivity contribution in [1.82, 2.24) is 15.3 Å². The van der Waals surface area contributed by atoms with E-state index in [9.17, 15) is 4.79 Å². The smallest absolute Gasteiger partial charge is 0.223 e. The highest BCUT2D eigenvalue weighted by atomic mass is 32.1. The van der Waals surface area contributed by atoms with Crippen LogP contribution < -0.4 is 10.6 Å². The van der Waals surface area contributed by atoms with E-state index in [2.05, 4.69) is 26.0 Å². The molecule has 1 saturated carbocycles. The third kappa shape index (κ3) is 2.68. The zero-order valence-electron chi connectivity index (χ0n) is 10.8. The molecule has 1 aliphatic carbocycles. The molecule has 1 fully saturated rings. The fourth-order valence-electron chi connectivity index (χ4n) is 1.95. The van der Waals surface area contributed by atoms with E-state index < -0.39 is 0 Å². The Bertz CT molecular complexity index is 606. The lowest BCUT2D eigenvalue weighted by Crippen LogP contribution is -2.29. The number of aromatic nitrogens is 2. The minimum atomic E-state index is 0.182. The Balaban J connectivity index is 1.57. The maximum Gasteiger partial charge on any atom is 0.223 e. The molecule has 0 saturated heterocycles. The highest BCUT2D eigenvalue weighted by Gasteiger charge is 2.28. The highest BCUT2D eigenvalue weighted by Crippen LogP contribution is 2.29. The molecular formula is C13H16N4OS. The summed E-state index contributed by atoms with van der Waals surface area (Å²) in [5, 5.41) is 8.27. The number of aryl methyl sites for hydroxylation is 1. The molecule has 100 valence electrons. The van der Waals surface area contributed by atoms with Gasteiger partial charge in [-0.05, 0) is 30.7 Å². The maximum atomic E-state index is 11.5. The number of fused-ring (bicyclic) bond motifs is 1. The van der Waals surface area contributed by atoms with Crippen LogP contribution in [0.3, 0.4) is 0 Å². The van der Waals surface area contributed by atoms with Crippen molar-refractivity contribution in [2.24, 2.45) is 5.92 Å². The molecular weight excluding hydrogens is 260 g/mol. The number of thiophene rings is 1. The number of hydrogen-bond donors (Lipinski definition) is 2. The summed E-state index contributed by atoms with van der Waals surface area (Å²) in [5.74, 6) is 1.30. The Morgan fingerprint density at radius 3 is 3.05 bits per heavy atom. The van der Waals surface area contributed by atoms with Gasteiger partial charge in [0.05, 0.1) is 10.2 Å². The van der Waals surface area contributed by atoms with E-state index in [1.165, 1.54) is 5.56 Å². The standard InChI is InChI=1S/C13H16N4OS/c1-8-6-19-11-10(8)16-7-17-12(11)14-4-5-15-13(18)9-2-3-9/h6-7,9H,2-5H2,1H3,(H,15,18)(H,14,16,17). The Kier molecular flexibility index (Phi) is 3.33. The first-order valence-corrected chi connectivity index (χ1v) is 7.34. The van der Waals surface area contributed by atoms with Gasteiger partial charge in [0, 0.05) is 19.0 Å². The number of nitrogens with one attached hydrogen (secondary N) is 2. The summed E-state index contributed by atoms with van der Waals surface area (Å²) >= 11 is 1.64. The van der Waals surface area contributed by atoms with Crippen molar-refractivity contribution in [3.05, 3.63) is 17.3 Å². The lowest BCUT2D eigenvalue weighted by atomic mass is 10.3. The molecule has 6 heteroatoms. The maximum absolute atomic E-state index is 11.5. The Labute approximate surface area is 115 Å². The lowest BCUT2D eigenvalue weighted by Gasteiger charge is -2.07. The predicted molar refractivity (Wildman–Crippen MR) is 76.4 cm³/mol. The number of nitrogens with zero attached hydrogens (tertiary/aromatic N) is 2. The van der Waals surface area contributed by atoms with Gasteiger partial charge in [0.25, 0.3) is 0 Å². The minimum absolute atomic E-state index is 0.182. The first-order chi connectivity index (χ1) is 9.25. The second kappa shape index (κ2) is 5.13. The lowest BCUT2D eigenvalue weighted by molar-refractivity contribution is -0.122. The minimum Gasteiger partial charge on any atom is -0.367 e. The summed E-state index contributed by atoms with van der Waals surface area (Å²) in [5.41, 5.74) is 2.18. The van der Waals surface area contributed by atoms with Crippen LogP contribution in [0.5, 0.6) is 0 Å². The molecule has 2 aromatic heterocycles. The van der Waals surface area contributed by atoms with Crippen molar-refractivity contribution in [2.45, 2.75) is 19.8 Å². The topological polar surface area (TPSA) is 66.9 Å². The second-order valence-corrected chi connectivity index (χ2v) is 5.69. The normalized spacial score (nSPS) is 14.6. The SMILES string of the molecule is Cc1csc2c(NCCNC(=O)C3CC3)ncnc12. The van der Waals surface area contributed by atoms with Gasteiger partial charge < -0.3 is 10.6 Å². The molecule has 0 spiro atoms. The van der Waals surface area contributed by atoms with Gasteiger partial charge in [-0.1, -0.05) is 0 Å². The molecule has 19 heavy (non-hydrogen) atoms. The van der Waals surface area contributed by atoms with Crippen molar-refractivity contribution < 1.29 is 4.79 Å². The van der Waals surface area contributed by atoms with Gasteiger partial charge >= 0.3 is 0 Å². The molecule has 2 N–H and O–H groups in total. The van der Waals surface area contributed by atoms with Crippen molar-refractivity contribution in [3.8, 4) is 0 Å². The largest absolute Gasteiger partial charge is 0.367 e. The number of hydrogen-bond acceptors (Lipinski definition) is 5. The molecule has 0 radical (unpaired) electrons. The van der Waals surface area contributed by atoms with Gasteiger partial charge in [-0.2, -0.15) is 0 Å². The molecule has 2 heterocycles. The van der Waals surface area contributed by atoms with Crippen LogP contribution in [0, 0.1) is 12.8 Å². The molecule has 0 atom stereocenters. The van der Waals surface area contributed by atoms with E-state index in [1.54, 1.807) is 17.7 Å². The van der Waals surface area contributed by atoms with Crippen LogP contribution in [-0.2, 0) is 4.79 Å². The van der Waals surface area contributed by atoms with Gasteiger partial charge in [-0.15, -0.1) is 11.3 Å². The second-order valence-electron chi connectivity index (χ2n) is 4.81. The predicted octanol–water partition coefficient (Wildman–Crippen LogP) is 1.94. The van der Waals surface area contributed by atoms with Gasteiger partial charge in [-0.3, -0.25) is 4.79 Å². The van der Waals surface area contributed by atoms with Crippen LogP contribution in [0.2, 0.25) is 0 Å². The van der Waals surface area contributed by atoms with Crippen molar-refractivity contribution in [1.29, 1.82) is 0 Å². The molecule has 0 aromatic carbocycles. The number of carbonyl (C=O) groups excluding carboxylic acids is 1. The Morgan fingerprint density at radius 2 is 2.26 bits per heavy atom. The average Bonchev–Trinajstić information content (AvgIpc) is 3.20. The average molecular weight is 276 g/mol. The molecule has 3 rings (SSSR count). The highest BCUT2D eigenvalue weighted by molar-refractivity contribution is 7.18. The third-order valence-corrected chi connectivity index (χ3v) is 4.29. The molecule has 0 aliphatic heterocycles. The van der Waals surface area contributed by atoms with Crippen LogP contribution >= 0.6 is 11.3 Å². The number of anilines is 1. The van der Waals surface area contributed by atoms with Crippen LogP contribution in [0.4, 0.5) is 5.82 Å². The fraction of sp³-hybridized carbons (Fsp3) is 0.462. The van der Waals surface area contributed by atoms with E-state index in [-0.39, 0.29) is 11.8 Å².